The molecule has 0 bridgehead atoms. The van der Waals surface area contributed by atoms with E-state index in [1.807, 2.05) is 30.3 Å². The van der Waals surface area contributed by atoms with E-state index in [-0.39, 0.29) is 6.42 Å². The molecule has 19 heavy (non-hydrogen) atoms. The van der Waals surface area contributed by atoms with Gasteiger partial charge < -0.3 is 10.8 Å². The number of amides is 2. The van der Waals surface area contributed by atoms with Crippen LogP contribution in [0.25, 0.3) is 0 Å². The van der Waals surface area contributed by atoms with Gasteiger partial charge in [-0.1, -0.05) is 30.3 Å². The number of carbonyl (C=O) groups is 2. The molecule has 5 heteroatoms. The van der Waals surface area contributed by atoms with Crippen LogP contribution >= 0.6 is 0 Å². The van der Waals surface area contributed by atoms with Crippen molar-refractivity contribution in [1.29, 1.82) is 0 Å². The minimum absolute atomic E-state index is 0.142. The molecule has 0 radical (unpaired) electrons. The highest BCUT2D eigenvalue weighted by Crippen LogP contribution is 2.06. The highest BCUT2D eigenvalue weighted by Gasteiger charge is 2.22. The number of nitrogens with one attached hydrogen (secondary N) is 1. The van der Waals surface area contributed by atoms with E-state index in [1.54, 1.807) is 0 Å². The zero-order valence-corrected chi connectivity index (χ0v) is 11.2. The van der Waals surface area contributed by atoms with Crippen LogP contribution in [0.5, 0.6) is 0 Å². The molecule has 0 fully saturated rings. The predicted octanol–water partition coefficient (Wildman–Crippen LogP) is 0.360. The summed E-state index contributed by atoms with van der Waals surface area (Å²) in [4.78, 5) is 23.2. The SMILES string of the molecule is CC(C)(O)CC(=O)NC(=O)[C@@H](N)Cc1ccccc1. The van der Waals surface area contributed by atoms with E-state index in [1.165, 1.54) is 13.8 Å². The smallest absolute Gasteiger partial charge is 0.243 e. The van der Waals surface area contributed by atoms with Crippen LogP contribution in [0.15, 0.2) is 30.3 Å². The third-order valence-corrected chi connectivity index (χ3v) is 2.49. The van der Waals surface area contributed by atoms with Gasteiger partial charge in [-0.05, 0) is 25.8 Å². The third-order valence-electron chi connectivity index (χ3n) is 2.49. The second-order valence-corrected chi connectivity index (χ2v) is 5.20. The maximum atomic E-state index is 11.7. The first-order valence-corrected chi connectivity index (χ1v) is 6.13. The van der Waals surface area contributed by atoms with E-state index in [0.29, 0.717) is 6.42 Å². The minimum Gasteiger partial charge on any atom is -0.390 e. The zero-order valence-electron chi connectivity index (χ0n) is 11.2. The van der Waals surface area contributed by atoms with Crippen molar-refractivity contribution < 1.29 is 14.7 Å². The summed E-state index contributed by atoms with van der Waals surface area (Å²) in [5.74, 6) is -1.06. The molecule has 1 aromatic rings. The molecule has 0 heterocycles. The van der Waals surface area contributed by atoms with Crippen LogP contribution in [0.3, 0.4) is 0 Å². The second-order valence-electron chi connectivity index (χ2n) is 5.20. The fraction of sp³-hybridized carbons (Fsp3) is 0.429. The molecular weight excluding hydrogens is 244 g/mol. The Kier molecular flexibility index (Phi) is 5.20. The number of carbonyl (C=O) groups excluding carboxylic acids is 2. The van der Waals surface area contributed by atoms with Crippen LogP contribution in [0.4, 0.5) is 0 Å². The van der Waals surface area contributed by atoms with Crippen LogP contribution < -0.4 is 11.1 Å². The molecule has 0 unspecified atom stereocenters. The molecule has 4 N–H and O–H groups in total. The van der Waals surface area contributed by atoms with Gasteiger partial charge in [0.2, 0.25) is 11.8 Å². The van der Waals surface area contributed by atoms with Gasteiger partial charge in [0.15, 0.2) is 0 Å². The van der Waals surface area contributed by atoms with Crippen molar-refractivity contribution in [2.24, 2.45) is 5.73 Å². The molecule has 1 rings (SSSR count). The van der Waals surface area contributed by atoms with Gasteiger partial charge in [0, 0.05) is 0 Å². The average Bonchev–Trinajstić information content (AvgIpc) is 2.27. The average molecular weight is 264 g/mol. The van der Waals surface area contributed by atoms with Gasteiger partial charge in [0.05, 0.1) is 18.1 Å². The van der Waals surface area contributed by atoms with E-state index in [0.717, 1.165) is 5.56 Å². The number of rotatable bonds is 5. The second kappa shape index (κ2) is 6.45. The third kappa shape index (κ3) is 6.13. The number of hydrogen-bond donors (Lipinski definition) is 3. The van der Waals surface area contributed by atoms with E-state index in [2.05, 4.69) is 5.32 Å². The Morgan fingerprint density at radius 1 is 1.32 bits per heavy atom. The molecule has 5 nitrogen and oxygen atoms in total. The van der Waals surface area contributed by atoms with Crippen molar-refractivity contribution in [2.45, 2.75) is 38.3 Å². The van der Waals surface area contributed by atoms with Crippen molar-refractivity contribution in [2.75, 3.05) is 0 Å². The Bertz CT molecular complexity index is 438. The molecule has 0 aliphatic carbocycles. The first-order chi connectivity index (χ1) is 8.78. The van der Waals surface area contributed by atoms with E-state index < -0.39 is 23.5 Å². The van der Waals surface area contributed by atoms with Crippen molar-refractivity contribution in [3.8, 4) is 0 Å². The molecule has 1 aromatic carbocycles. The van der Waals surface area contributed by atoms with E-state index in [4.69, 9.17) is 5.73 Å². The Balaban J connectivity index is 2.47. The van der Waals surface area contributed by atoms with Gasteiger partial charge in [-0.2, -0.15) is 0 Å². The van der Waals surface area contributed by atoms with Crippen LogP contribution in [0, 0.1) is 0 Å². The molecule has 2 amide bonds. The Labute approximate surface area is 112 Å². The van der Waals surface area contributed by atoms with Crippen LogP contribution in [-0.4, -0.2) is 28.6 Å². The highest BCUT2D eigenvalue weighted by molar-refractivity contribution is 5.98. The topological polar surface area (TPSA) is 92.4 Å². The van der Waals surface area contributed by atoms with Gasteiger partial charge in [0.1, 0.15) is 0 Å². The lowest BCUT2D eigenvalue weighted by molar-refractivity contribution is -0.133. The van der Waals surface area contributed by atoms with Crippen molar-refractivity contribution in [1.82, 2.24) is 5.32 Å². The Morgan fingerprint density at radius 3 is 2.42 bits per heavy atom. The zero-order chi connectivity index (χ0) is 14.5. The lowest BCUT2D eigenvalue weighted by atomic mass is 10.0. The maximum absolute atomic E-state index is 11.7. The van der Waals surface area contributed by atoms with Gasteiger partial charge in [-0.25, -0.2) is 0 Å². The molecule has 0 saturated heterocycles. The highest BCUT2D eigenvalue weighted by atomic mass is 16.3. The van der Waals surface area contributed by atoms with Crippen molar-refractivity contribution >= 4 is 11.8 Å². The first-order valence-electron chi connectivity index (χ1n) is 6.13. The van der Waals surface area contributed by atoms with Crippen molar-refractivity contribution in [3.05, 3.63) is 35.9 Å². The molecule has 0 aliphatic heterocycles. The molecular formula is C14H20N2O3. The number of benzene rings is 1. The Hall–Kier alpha value is -1.72. The normalized spacial score (nSPS) is 12.8. The molecule has 0 aromatic heterocycles. The summed E-state index contributed by atoms with van der Waals surface area (Å²) in [5, 5.41) is 11.7. The Morgan fingerprint density at radius 2 is 1.89 bits per heavy atom. The summed E-state index contributed by atoms with van der Waals surface area (Å²) in [6, 6.07) is 8.55. The minimum atomic E-state index is -1.14. The first kappa shape index (κ1) is 15.3. The standard InChI is InChI=1S/C14H20N2O3/c1-14(2,19)9-12(17)16-13(18)11(15)8-10-6-4-3-5-7-10/h3-7,11,19H,8-9,15H2,1-2H3,(H,16,17,18)/t11-/m0/s1. The van der Waals surface area contributed by atoms with Gasteiger partial charge >= 0.3 is 0 Å². The number of nitrogens with two attached hydrogens (primary N) is 1. The summed E-state index contributed by atoms with van der Waals surface area (Å²) >= 11 is 0. The van der Waals surface area contributed by atoms with E-state index >= 15 is 0 Å². The fourth-order valence-corrected chi connectivity index (χ4v) is 1.63. The van der Waals surface area contributed by atoms with Crippen LogP contribution in [0.2, 0.25) is 0 Å². The molecule has 0 saturated carbocycles. The molecule has 104 valence electrons. The van der Waals surface area contributed by atoms with Gasteiger partial charge in [-0.3, -0.25) is 14.9 Å². The number of hydrogen-bond acceptors (Lipinski definition) is 4. The van der Waals surface area contributed by atoms with Gasteiger partial charge in [-0.15, -0.1) is 0 Å². The molecule has 1 atom stereocenters. The number of aliphatic hydroxyl groups is 1. The summed E-state index contributed by atoms with van der Waals surface area (Å²) in [7, 11) is 0. The van der Waals surface area contributed by atoms with Crippen LogP contribution in [0.1, 0.15) is 25.8 Å². The predicted molar refractivity (Wildman–Crippen MR) is 72.2 cm³/mol. The van der Waals surface area contributed by atoms with Crippen LogP contribution in [-0.2, 0) is 16.0 Å². The van der Waals surface area contributed by atoms with Crippen molar-refractivity contribution in [3.63, 3.8) is 0 Å². The lowest BCUT2D eigenvalue weighted by Gasteiger charge is -2.17. The maximum Gasteiger partial charge on any atom is 0.243 e. The number of imide groups is 1. The van der Waals surface area contributed by atoms with E-state index in [9.17, 15) is 14.7 Å². The monoisotopic (exact) mass is 264 g/mol. The molecule has 0 aliphatic rings. The summed E-state index contributed by atoms with van der Waals surface area (Å²) < 4.78 is 0. The fourth-order valence-electron chi connectivity index (χ4n) is 1.63. The summed E-state index contributed by atoms with van der Waals surface area (Å²) in [6.45, 7) is 3.00. The van der Waals surface area contributed by atoms with Gasteiger partial charge in [0.25, 0.3) is 0 Å². The summed E-state index contributed by atoms with van der Waals surface area (Å²) in [5.41, 5.74) is 5.52. The molecule has 0 spiro atoms. The largest absolute Gasteiger partial charge is 0.390 e. The summed E-state index contributed by atoms with van der Waals surface area (Å²) in [6.07, 6.45) is 0.221. The quantitative estimate of drug-likeness (QED) is 0.716. The lowest BCUT2D eigenvalue weighted by Crippen LogP contribution is -2.46.